The molecular weight excluding hydrogens is 242 g/mol. The first-order chi connectivity index (χ1) is 9.25. The van der Waals surface area contributed by atoms with Gasteiger partial charge in [-0.25, -0.2) is 0 Å². The highest BCUT2D eigenvalue weighted by atomic mass is 16.3. The molecule has 1 N–H and O–H groups in total. The van der Waals surface area contributed by atoms with Crippen LogP contribution in [0.25, 0.3) is 0 Å². The molecule has 3 rings (SSSR count). The molecule has 5 heteroatoms. The van der Waals surface area contributed by atoms with Crippen molar-refractivity contribution in [3.63, 3.8) is 0 Å². The second kappa shape index (κ2) is 5.35. The number of aryl methyl sites for hydroxylation is 1. The average molecular weight is 263 g/mol. The molecule has 1 aromatic rings. The van der Waals surface area contributed by atoms with Gasteiger partial charge in [-0.3, -0.25) is 9.69 Å². The summed E-state index contributed by atoms with van der Waals surface area (Å²) in [6.45, 7) is 7.66. The summed E-state index contributed by atoms with van der Waals surface area (Å²) in [5, 5.41) is 3.40. The van der Waals surface area contributed by atoms with Crippen LogP contribution in [0.3, 0.4) is 0 Å². The summed E-state index contributed by atoms with van der Waals surface area (Å²) < 4.78 is 5.21. The Morgan fingerprint density at radius 1 is 1.37 bits per heavy atom. The van der Waals surface area contributed by atoms with E-state index in [-0.39, 0.29) is 5.91 Å². The fourth-order valence-corrected chi connectivity index (χ4v) is 3.02. The molecular formula is C14H21N3O2. The number of nitrogens with zero attached hydrogens (tertiary/aromatic N) is 2. The number of hydrogen-bond donors (Lipinski definition) is 1. The van der Waals surface area contributed by atoms with Crippen molar-refractivity contribution in [2.45, 2.75) is 19.4 Å². The van der Waals surface area contributed by atoms with Crippen molar-refractivity contribution >= 4 is 5.91 Å². The van der Waals surface area contributed by atoms with E-state index in [0.717, 1.165) is 39.3 Å². The van der Waals surface area contributed by atoms with Crippen LogP contribution in [0.1, 0.15) is 22.5 Å². The molecule has 2 aliphatic heterocycles. The van der Waals surface area contributed by atoms with Crippen molar-refractivity contribution in [1.29, 1.82) is 0 Å². The third-order valence-corrected chi connectivity index (χ3v) is 4.24. The van der Waals surface area contributed by atoms with Crippen LogP contribution in [-0.2, 0) is 0 Å². The summed E-state index contributed by atoms with van der Waals surface area (Å²) >= 11 is 0. The Hall–Kier alpha value is -1.33. The zero-order valence-corrected chi connectivity index (χ0v) is 11.4. The maximum Gasteiger partial charge on any atom is 0.257 e. The minimum Gasteiger partial charge on any atom is -0.469 e. The number of furan rings is 1. The highest BCUT2D eigenvalue weighted by Gasteiger charge is 2.28. The zero-order chi connectivity index (χ0) is 13.2. The van der Waals surface area contributed by atoms with Crippen LogP contribution in [0.5, 0.6) is 0 Å². The summed E-state index contributed by atoms with van der Waals surface area (Å²) in [7, 11) is 0. The first kappa shape index (κ1) is 12.7. The average Bonchev–Trinajstić information content (AvgIpc) is 3.09. The minimum atomic E-state index is 0.107. The fourth-order valence-electron chi connectivity index (χ4n) is 3.02. The van der Waals surface area contributed by atoms with Crippen LogP contribution >= 0.6 is 0 Å². The third-order valence-electron chi connectivity index (χ3n) is 4.24. The van der Waals surface area contributed by atoms with Gasteiger partial charge in [0, 0.05) is 38.8 Å². The van der Waals surface area contributed by atoms with Crippen LogP contribution in [0.2, 0.25) is 0 Å². The summed E-state index contributed by atoms with van der Waals surface area (Å²) in [5.74, 6) is 0.822. The number of carbonyl (C=O) groups is 1. The molecule has 0 aromatic carbocycles. The number of carbonyl (C=O) groups excluding carboxylic acids is 1. The molecule has 2 saturated heterocycles. The van der Waals surface area contributed by atoms with E-state index >= 15 is 0 Å². The quantitative estimate of drug-likeness (QED) is 0.853. The van der Waals surface area contributed by atoms with Gasteiger partial charge >= 0.3 is 0 Å². The van der Waals surface area contributed by atoms with Gasteiger partial charge in [0.25, 0.3) is 5.91 Å². The fraction of sp³-hybridized carbons (Fsp3) is 0.643. The molecule has 1 unspecified atom stereocenters. The minimum absolute atomic E-state index is 0.107. The lowest BCUT2D eigenvalue weighted by molar-refractivity contribution is 0.0582. The van der Waals surface area contributed by atoms with E-state index in [4.69, 9.17) is 4.42 Å². The second-order valence-electron chi connectivity index (χ2n) is 5.37. The lowest BCUT2D eigenvalue weighted by Crippen LogP contribution is -2.52. The molecule has 1 aromatic heterocycles. The monoisotopic (exact) mass is 263 g/mol. The molecule has 104 valence electrons. The van der Waals surface area contributed by atoms with E-state index < -0.39 is 0 Å². The van der Waals surface area contributed by atoms with Gasteiger partial charge in [0.05, 0.1) is 11.8 Å². The van der Waals surface area contributed by atoms with Crippen LogP contribution in [-0.4, -0.2) is 61.0 Å². The van der Waals surface area contributed by atoms with Crippen molar-refractivity contribution in [3.05, 3.63) is 23.7 Å². The molecule has 2 fully saturated rings. The molecule has 0 aliphatic carbocycles. The number of nitrogens with one attached hydrogen (secondary N) is 1. The van der Waals surface area contributed by atoms with Gasteiger partial charge in [-0.15, -0.1) is 0 Å². The van der Waals surface area contributed by atoms with Crippen molar-refractivity contribution in [1.82, 2.24) is 15.1 Å². The molecule has 0 saturated carbocycles. The van der Waals surface area contributed by atoms with E-state index in [1.807, 2.05) is 11.8 Å². The molecule has 2 aliphatic rings. The van der Waals surface area contributed by atoms with Gasteiger partial charge in [0.1, 0.15) is 5.76 Å². The summed E-state index contributed by atoms with van der Waals surface area (Å²) in [4.78, 5) is 16.8. The van der Waals surface area contributed by atoms with Gasteiger partial charge in [0.2, 0.25) is 0 Å². The van der Waals surface area contributed by atoms with Crippen molar-refractivity contribution < 1.29 is 9.21 Å². The second-order valence-corrected chi connectivity index (χ2v) is 5.37. The van der Waals surface area contributed by atoms with Crippen LogP contribution in [0.4, 0.5) is 0 Å². The lowest BCUT2D eigenvalue weighted by atomic mass is 10.1. The normalized spacial score (nSPS) is 24.9. The van der Waals surface area contributed by atoms with E-state index in [0.29, 0.717) is 17.4 Å². The Morgan fingerprint density at radius 2 is 2.16 bits per heavy atom. The number of rotatable bonds is 2. The Labute approximate surface area is 113 Å². The SMILES string of the molecule is Cc1occc1C(=O)N1CCN(C2CCNC2)CC1. The van der Waals surface area contributed by atoms with E-state index in [1.54, 1.807) is 12.3 Å². The number of amides is 1. The van der Waals surface area contributed by atoms with Gasteiger partial charge in [-0.1, -0.05) is 0 Å². The molecule has 1 atom stereocenters. The van der Waals surface area contributed by atoms with Crippen molar-refractivity contribution in [3.8, 4) is 0 Å². The Bertz CT molecular complexity index is 443. The largest absolute Gasteiger partial charge is 0.469 e. The van der Waals surface area contributed by atoms with E-state index in [9.17, 15) is 4.79 Å². The first-order valence-electron chi connectivity index (χ1n) is 7.04. The maximum absolute atomic E-state index is 12.3. The molecule has 0 spiro atoms. The Kier molecular flexibility index (Phi) is 3.57. The molecule has 19 heavy (non-hydrogen) atoms. The van der Waals surface area contributed by atoms with Gasteiger partial charge in [-0.05, 0) is 26.0 Å². The molecule has 0 radical (unpaired) electrons. The standard InChI is InChI=1S/C14H21N3O2/c1-11-13(3-9-19-11)14(18)17-7-5-16(6-8-17)12-2-4-15-10-12/h3,9,12,15H,2,4-8,10H2,1H3. The maximum atomic E-state index is 12.3. The first-order valence-corrected chi connectivity index (χ1v) is 7.04. The van der Waals surface area contributed by atoms with E-state index in [1.165, 1.54) is 6.42 Å². The van der Waals surface area contributed by atoms with Gasteiger partial charge < -0.3 is 14.6 Å². The summed E-state index contributed by atoms with van der Waals surface area (Å²) in [5.41, 5.74) is 0.705. The highest BCUT2D eigenvalue weighted by Crippen LogP contribution is 2.16. The summed E-state index contributed by atoms with van der Waals surface area (Å²) in [6.07, 6.45) is 2.82. The Morgan fingerprint density at radius 3 is 2.74 bits per heavy atom. The predicted molar refractivity (Wildman–Crippen MR) is 72.2 cm³/mol. The third kappa shape index (κ3) is 2.53. The number of piperazine rings is 1. The summed E-state index contributed by atoms with van der Waals surface area (Å²) in [6, 6.07) is 2.43. The van der Waals surface area contributed by atoms with Gasteiger partial charge in [0.15, 0.2) is 0 Å². The Balaban J connectivity index is 1.58. The molecule has 3 heterocycles. The van der Waals surface area contributed by atoms with Crippen molar-refractivity contribution in [2.24, 2.45) is 0 Å². The zero-order valence-electron chi connectivity index (χ0n) is 11.4. The van der Waals surface area contributed by atoms with Crippen LogP contribution < -0.4 is 5.32 Å². The lowest BCUT2D eigenvalue weighted by Gasteiger charge is -2.37. The van der Waals surface area contributed by atoms with Crippen molar-refractivity contribution in [2.75, 3.05) is 39.3 Å². The molecule has 5 nitrogen and oxygen atoms in total. The molecule has 0 bridgehead atoms. The van der Waals surface area contributed by atoms with Gasteiger partial charge in [-0.2, -0.15) is 0 Å². The van der Waals surface area contributed by atoms with Crippen LogP contribution in [0.15, 0.2) is 16.7 Å². The number of hydrogen-bond acceptors (Lipinski definition) is 4. The highest BCUT2D eigenvalue weighted by molar-refractivity contribution is 5.95. The topological polar surface area (TPSA) is 48.7 Å². The van der Waals surface area contributed by atoms with E-state index in [2.05, 4.69) is 10.2 Å². The molecule has 1 amide bonds. The predicted octanol–water partition coefficient (Wildman–Crippen LogP) is 0.708. The van der Waals surface area contributed by atoms with Crippen LogP contribution in [0, 0.1) is 6.92 Å². The smallest absolute Gasteiger partial charge is 0.257 e.